The molecule has 7 nitrogen and oxygen atoms in total. The maximum Gasteiger partial charge on any atom is 0.408 e. The van der Waals surface area contributed by atoms with Gasteiger partial charge in [0.05, 0.1) is 11.6 Å². The van der Waals surface area contributed by atoms with Crippen molar-refractivity contribution in [2.24, 2.45) is 5.92 Å². The van der Waals surface area contributed by atoms with Gasteiger partial charge in [-0.2, -0.15) is 5.26 Å². The van der Waals surface area contributed by atoms with Gasteiger partial charge in [0.25, 0.3) is 0 Å². The van der Waals surface area contributed by atoms with Crippen LogP contribution in [0.3, 0.4) is 0 Å². The van der Waals surface area contributed by atoms with E-state index in [1.165, 1.54) is 0 Å². The van der Waals surface area contributed by atoms with Crippen molar-refractivity contribution in [3.05, 3.63) is 65.7 Å². The van der Waals surface area contributed by atoms with E-state index >= 15 is 0 Å². The number of nitriles is 1. The minimum absolute atomic E-state index is 0.0142. The molecule has 1 aliphatic rings. The van der Waals surface area contributed by atoms with Crippen LogP contribution in [0.15, 0.2) is 54.6 Å². The van der Waals surface area contributed by atoms with Crippen LogP contribution in [-0.4, -0.2) is 49.1 Å². The van der Waals surface area contributed by atoms with Crippen molar-refractivity contribution in [1.29, 1.82) is 5.26 Å². The summed E-state index contributed by atoms with van der Waals surface area (Å²) in [5.74, 6) is -0.0812. The van der Waals surface area contributed by atoms with Crippen LogP contribution in [0.4, 0.5) is 10.5 Å². The number of hydrogen-bond donors (Lipinski definition) is 1. The molecular weight excluding hydrogens is 416 g/mol. The number of carbonyl (C=O) groups excluding carboxylic acids is 2. The van der Waals surface area contributed by atoms with Gasteiger partial charge in [-0.15, -0.1) is 0 Å². The van der Waals surface area contributed by atoms with Crippen LogP contribution in [0.25, 0.3) is 0 Å². The summed E-state index contributed by atoms with van der Waals surface area (Å²) in [7, 11) is 0. The van der Waals surface area contributed by atoms with Crippen molar-refractivity contribution in [2.45, 2.75) is 39.3 Å². The van der Waals surface area contributed by atoms with Gasteiger partial charge >= 0.3 is 6.09 Å². The normalized spacial score (nSPS) is 15.7. The van der Waals surface area contributed by atoms with Crippen molar-refractivity contribution in [3.8, 4) is 6.07 Å². The van der Waals surface area contributed by atoms with Gasteiger partial charge in [0.2, 0.25) is 5.91 Å². The van der Waals surface area contributed by atoms with Crippen LogP contribution in [0.1, 0.15) is 37.8 Å². The molecule has 33 heavy (non-hydrogen) atoms. The third-order valence-corrected chi connectivity index (χ3v) is 6.13. The van der Waals surface area contributed by atoms with E-state index in [9.17, 15) is 9.59 Å². The predicted octanol–water partition coefficient (Wildman–Crippen LogP) is 3.94. The molecule has 3 rings (SSSR count). The zero-order chi connectivity index (χ0) is 23.6. The Morgan fingerprint density at radius 3 is 2.45 bits per heavy atom. The fourth-order valence-corrected chi connectivity index (χ4v) is 3.91. The molecule has 0 spiro atoms. The summed E-state index contributed by atoms with van der Waals surface area (Å²) < 4.78 is 5.36. The molecule has 0 aliphatic carbocycles. The second-order valence-electron chi connectivity index (χ2n) is 8.39. The molecular formula is C26H32N4O3. The van der Waals surface area contributed by atoms with Gasteiger partial charge in [-0.05, 0) is 42.2 Å². The van der Waals surface area contributed by atoms with Crippen LogP contribution < -0.4 is 10.2 Å². The Morgan fingerprint density at radius 1 is 1.06 bits per heavy atom. The average molecular weight is 449 g/mol. The van der Waals surface area contributed by atoms with Crippen LogP contribution in [0, 0.1) is 17.2 Å². The van der Waals surface area contributed by atoms with Gasteiger partial charge in [0, 0.05) is 31.9 Å². The molecule has 0 saturated carbocycles. The first-order valence-corrected chi connectivity index (χ1v) is 11.5. The third-order valence-electron chi connectivity index (χ3n) is 6.13. The summed E-state index contributed by atoms with van der Waals surface area (Å²) in [6.07, 6.45) is 1.02. The van der Waals surface area contributed by atoms with Crippen LogP contribution >= 0.6 is 0 Å². The lowest BCUT2D eigenvalue weighted by Crippen LogP contribution is -2.52. The summed E-state index contributed by atoms with van der Waals surface area (Å²) in [6, 6.07) is 18.5. The molecule has 2 atom stereocenters. The Hall–Kier alpha value is -3.53. The van der Waals surface area contributed by atoms with Gasteiger partial charge in [0.1, 0.15) is 12.6 Å². The molecule has 2 aromatic rings. The Labute approximate surface area is 195 Å². The Kier molecular flexibility index (Phi) is 8.71. The second-order valence-corrected chi connectivity index (χ2v) is 8.39. The maximum absolute atomic E-state index is 13.4. The van der Waals surface area contributed by atoms with Crippen molar-refractivity contribution >= 4 is 17.7 Å². The number of nitrogens with zero attached hydrogens (tertiary/aromatic N) is 3. The highest BCUT2D eigenvalue weighted by Gasteiger charge is 2.31. The quantitative estimate of drug-likeness (QED) is 0.693. The van der Waals surface area contributed by atoms with Crippen molar-refractivity contribution in [1.82, 2.24) is 10.2 Å². The monoisotopic (exact) mass is 448 g/mol. The first-order chi connectivity index (χ1) is 16.0. The number of ether oxygens (including phenoxy) is 1. The smallest absolute Gasteiger partial charge is 0.408 e. The Morgan fingerprint density at radius 2 is 1.79 bits per heavy atom. The molecule has 0 unspecified atom stereocenters. The third kappa shape index (κ3) is 6.72. The van der Waals surface area contributed by atoms with Gasteiger partial charge in [-0.3, -0.25) is 4.79 Å². The van der Waals surface area contributed by atoms with E-state index in [0.29, 0.717) is 25.2 Å². The number of benzene rings is 2. The fourth-order valence-electron chi connectivity index (χ4n) is 3.91. The summed E-state index contributed by atoms with van der Waals surface area (Å²) in [6.45, 7) is 6.89. The highest BCUT2D eigenvalue weighted by molar-refractivity contribution is 5.86. The minimum Gasteiger partial charge on any atom is -0.445 e. The number of rotatable bonds is 7. The number of hydrogen-bond acceptors (Lipinski definition) is 5. The molecule has 174 valence electrons. The zero-order valence-electron chi connectivity index (χ0n) is 19.4. The zero-order valence-corrected chi connectivity index (χ0v) is 19.4. The topological polar surface area (TPSA) is 85.7 Å². The van der Waals surface area contributed by atoms with Gasteiger partial charge < -0.3 is 19.9 Å². The van der Waals surface area contributed by atoms with E-state index in [2.05, 4.69) is 16.3 Å². The molecule has 1 heterocycles. The Balaban J connectivity index is 1.60. The molecule has 1 aliphatic heterocycles. The fraction of sp³-hybridized carbons (Fsp3) is 0.423. The van der Waals surface area contributed by atoms with E-state index in [-0.39, 0.29) is 18.4 Å². The number of amides is 2. The van der Waals surface area contributed by atoms with Gasteiger partial charge in [-0.25, -0.2) is 4.79 Å². The molecule has 1 N–H and O–H groups in total. The molecule has 2 amide bonds. The molecule has 0 bridgehead atoms. The van der Waals surface area contributed by atoms with Crippen molar-refractivity contribution in [2.75, 3.05) is 31.1 Å². The predicted molar refractivity (Wildman–Crippen MR) is 128 cm³/mol. The van der Waals surface area contributed by atoms with Crippen LogP contribution in [-0.2, 0) is 16.1 Å². The molecule has 0 aromatic heterocycles. The number of alkyl carbamates (subject to hydrolysis) is 1. The van der Waals surface area contributed by atoms with E-state index < -0.39 is 12.1 Å². The summed E-state index contributed by atoms with van der Waals surface area (Å²) in [5.41, 5.74) is 2.57. The first kappa shape index (κ1) is 24.1. The van der Waals surface area contributed by atoms with E-state index in [1.807, 2.05) is 73.3 Å². The molecule has 1 saturated heterocycles. The van der Waals surface area contributed by atoms with Crippen molar-refractivity contribution < 1.29 is 14.3 Å². The highest BCUT2D eigenvalue weighted by atomic mass is 16.5. The lowest BCUT2D eigenvalue weighted by Gasteiger charge is -2.30. The molecule has 0 radical (unpaired) electrons. The van der Waals surface area contributed by atoms with Crippen LogP contribution in [0.5, 0.6) is 0 Å². The number of anilines is 1. The largest absolute Gasteiger partial charge is 0.445 e. The maximum atomic E-state index is 13.4. The first-order valence-electron chi connectivity index (χ1n) is 11.5. The molecule has 7 heteroatoms. The summed E-state index contributed by atoms with van der Waals surface area (Å²) in [4.78, 5) is 29.9. The standard InChI is InChI=1S/C26H32N4O3/c1-3-20(2)24(28-26(32)33-19-22-8-5-4-6-9-22)25(31)30-15-7-14-29(16-17-30)23-12-10-21(18-27)11-13-23/h4-6,8-13,20,24H,3,7,14-17,19H2,1-2H3,(H,28,32)/t20-,24-/m0/s1. The number of carbonyl (C=O) groups is 2. The minimum atomic E-state index is -0.625. The van der Waals surface area contributed by atoms with Crippen LogP contribution in [0.2, 0.25) is 0 Å². The SMILES string of the molecule is CC[C@H](C)[C@H](NC(=O)OCc1ccccc1)C(=O)N1CCCN(c2ccc(C#N)cc2)CC1. The van der Waals surface area contributed by atoms with Gasteiger partial charge in [-0.1, -0.05) is 50.6 Å². The highest BCUT2D eigenvalue weighted by Crippen LogP contribution is 2.19. The second kappa shape index (κ2) is 11.9. The van der Waals surface area contributed by atoms with E-state index in [1.54, 1.807) is 0 Å². The van der Waals surface area contributed by atoms with E-state index in [4.69, 9.17) is 10.00 Å². The number of nitrogens with one attached hydrogen (secondary N) is 1. The summed E-state index contributed by atoms with van der Waals surface area (Å²) in [5, 5.41) is 11.8. The molecule has 2 aromatic carbocycles. The molecule has 1 fully saturated rings. The summed E-state index contributed by atoms with van der Waals surface area (Å²) >= 11 is 0. The Bertz CT molecular complexity index is 956. The lowest BCUT2D eigenvalue weighted by atomic mass is 9.98. The lowest BCUT2D eigenvalue weighted by molar-refractivity contribution is -0.134. The van der Waals surface area contributed by atoms with E-state index in [0.717, 1.165) is 30.6 Å². The van der Waals surface area contributed by atoms with Crippen molar-refractivity contribution in [3.63, 3.8) is 0 Å². The average Bonchev–Trinajstić information content (AvgIpc) is 3.12. The van der Waals surface area contributed by atoms with Gasteiger partial charge in [0.15, 0.2) is 0 Å².